The third kappa shape index (κ3) is 6.02. The van der Waals surface area contributed by atoms with Gasteiger partial charge in [-0.05, 0) is 24.1 Å². The van der Waals surface area contributed by atoms with E-state index in [1.807, 2.05) is 42.5 Å². The number of nitrogens with zero attached hydrogens (tertiary/aromatic N) is 1. The smallest absolute Gasteiger partial charge is 0.410 e. The van der Waals surface area contributed by atoms with E-state index in [-0.39, 0.29) is 18.7 Å². The van der Waals surface area contributed by atoms with Crippen LogP contribution < -0.4 is 19.5 Å². The first-order valence-electron chi connectivity index (χ1n) is 9.73. The molecule has 29 heavy (non-hydrogen) atoms. The Morgan fingerprint density at radius 3 is 2.66 bits per heavy atom. The molecule has 1 saturated heterocycles. The lowest BCUT2D eigenvalue weighted by atomic mass is 10.1. The van der Waals surface area contributed by atoms with Crippen LogP contribution in [0.15, 0.2) is 48.5 Å². The Hall–Kier alpha value is -2.93. The van der Waals surface area contributed by atoms with E-state index in [0.717, 1.165) is 24.3 Å². The van der Waals surface area contributed by atoms with E-state index in [2.05, 4.69) is 5.32 Å². The number of carbonyl (C=O) groups excluding carboxylic acids is 1. The lowest BCUT2D eigenvalue weighted by Gasteiger charge is -2.33. The fourth-order valence-corrected chi connectivity index (χ4v) is 3.22. The highest BCUT2D eigenvalue weighted by Crippen LogP contribution is 2.30. The summed E-state index contributed by atoms with van der Waals surface area (Å²) in [4.78, 5) is 14.1. The summed E-state index contributed by atoms with van der Waals surface area (Å²) < 4.78 is 21.8. The zero-order valence-corrected chi connectivity index (χ0v) is 16.9. The molecule has 2 aromatic carbocycles. The third-order valence-electron chi connectivity index (χ3n) is 4.81. The van der Waals surface area contributed by atoms with E-state index in [4.69, 9.17) is 18.9 Å². The van der Waals surface area contributed by atoms with Crippen molar-refractivity contribution in [3.05, 3.63) is 54.1 Å². The van der Waals surface area contributed by atoms with Crippen molar-refractivity contribution in [2.24, 2.45) is 0 Å². The number of benzene rings is 2. The van der Waals surface area contributed by atoms with Crippen LogP contribution in [-0.4, -0.2) is 57.5 Å². The number of piperazine rings is 1. The van der Waals surface area contributed by atoms with Crippen LogP contribution in [0, 0.1) is 0 Å². The fourth-order valence-electron chi connectivity index (χ4n) is 3.22. The molecular weight excluding hydrogens is 372 g/mol. The molecule has 1 fully saturated rings. The molecular formula is C22H28N2O5. The number of nitrogens with one attached hydrogen (secondary N) is 1. The van der Waals surface area contributed by atoms with Crippen LogP contribution in [0.1, 0.15) is 12.0 Å². The number of methoxy groups -OCH3 is 2. The Morgan fingerprint density at radius 1 is 1.10 bits per heavy atom. The summed E-state index contributed by atoms with van der Waals surface area (Å²) in [7, 11) is 3.20. The maximum Gasteiger partial charge on any atom is 0.410 e. The molecule has 1 heterocycles. The summed E-state index contributed by atoms with van der Waals surface area (Å²) in [5.41, 5.74) is 0.982. The van der Waals surface area contributed by atoms with Crippen molar-refractivity contribution in [3.8, 4) is 17.2 Å². The zero-order chi connectivity index (χ0) is 20.5. The Morgan fingerprint density at radius 2 is 1.90 bits per heavy atom. The first-order valence-corrected chi connectivity index (χ1v) is 9.73. The van der Waals surface area contributed by atoms with E-state index in [1.165, 1.54) is 0 Å². The molecule has 0 aliphatic carbocycles. The van der Waals surface area contributed by atoms with Gasteiger partial charge >= 0.3 is 6.09 Å². The SMILES string of the molecule is COc1ccc(OCC[C@@H]2CN(C(=O)OCc3ccccc3)CCN2)cc1OC. The van der Waals surface area contributed by atoms with E-state index in [0.29, 0.717) is 31.2 Å². The average Bonchev–Trinajstić information content (AvgIpc) is 2.78. The molecule has 3 rings (SSSR count). The molecule has 2 aromatic rings. The van der Waals surface area contributed by atoms with E-state index >= 15 is 0 Å². The highest BCUT2D eigenvalue weighted by Gasteiger charge is 2.24. The summed E-state index contributed by atoms with van der Waals surface area (Å²) >= 11 is 0. The second kappa shape index (κ2) is 10.6. The van der Waals surface area contributed by atoms with Gasteiger partial charge in [0.25, 0.3) is 0 Å². The van der Waals surface area contributed by atoms with Gasteiger partial charge in [0.05, 0.1) is 20.8 Å². The van der Waals surface area contributed by atoms with Crippen molar-refractivity contribution in [1.82, 2.24) is 10.2 Å². The number of hydrogen-bond acceptors (Lipinski definition) is 6. The van der Waals surface area contributed by atoms with Crippen molar-refractivity contribution in [2.75, 3.05) is 40.5 Å². The van der Waals surface area contributed by atoms with Crippen LogP contribution in [0.4, 0.5) is 4.79 Å². The molecule has 1 amide bonds. The van der Waals surface area contributed by atoms with Crippen molar-refractivity contribution in [1.29, 1.82) is 0 Å². The quantitative estimate of drug-likeness (QED) is 0.734. The minimum atomic E-state index is -0.277. The standard InChI is InChI=1S/C22H28N2O5/c1-26-20-9-8-19(14-21(20)27-2)28-13-10-18-15-24(12-11-23-18)22(25)29-16-17-6-4-3-5-7-17/h3-9,14,18,23H,10-13,15-16H2,1-2H3/t18-/m1/s1. The average molecular weight is 400 g/mol. The molecule has 0 spiro atoms. The van der Waals surface area contributed by atoms with E-state index in [9.17, 15) is 4.79 Å². The molecule has 1 N–H and O–H groups in total. The van der Waals surface area contributed by atoms with Gasteiger partial charge in [0.2, 0.25) is 0 Å². The van der Waals surface area contributed by atoms with Gasteiger partial charge in [-0.15, -0.1) is 0 Å². The summed E-state index contributed by atoms with van der Waals surface area (Å²) in [5.74, 6) is 2.02. The van der Waals surface area contributed by atoms with E-state index < -0.39 is 0 Å². The largest absolute Gasteiger partial charge is 0.493 e. The van der Waals surface area contributed by atoms with Crippen molar-refractivity contribution < 1.29 is 23.7 Å². The summed E-state index contributed by atoms with van der Waals surface area (Å²) in [5, 5.41) is 3.43. The molecule has 7 nitrogen and oxygen atoms in total. The first-order chi connectivity index (χ1) is 14.2. The zero-order valence-electron chi connectivity index (χ0n) is 16.9. The predicted molar refractivity (Wildman–Crippen MR) is 110 cm³/mol. The Kier molecular flexibility index (Phi) is 7.58. The summed E-state index contributed by atoms with van der Waals surface area (Å²) in [6.07, 6.45) is 0.498. The van der Waals surface area contributed by atoms with Crippen LogP contribution in [0.3, 0.4) is 0 Å². The third-order valence-corrected chi connectivity index (χ3v) is 4.81. The fraction of sp³-hybridized carbons (Fsp3) is 0.409. The monoisotopic (exact) mass is 400 g/mol. The van der Waals surface area contributed by atoms with Crippen molar-refractivity contribution >= 4 is 6.09 Å². The predicted octanol–water partition coefficient (Wildman–Crippen LogP) is 3.08. The van der Waals surface area contributed by atoms with Gasteiger partial charge in [0.15, 0.2) is 11.5 Å². The van der Waals surface area contributed by atoms with Gasteiger partial charge < -0.3 is 29.2 Å². The van der Waals surface area contributed by atoms with Crippen LogP contribution in [0.2, 0.25) is 0 Å². The molecule has 0 unspecified atom stereocenters. The topological polar surface area (TPSA) is 69.3 Å². The first kappa shape index (κ1) is 20.8. The Bertz CT molecular complexity index is 784. The van der Waals surface area contributed by atoms with E-state index in [1.54, 1.807) is 25.2 Å². The second-order valence-electron chi connectivity index (χ2n) is 6.79. The minimum Gasteiger partial charge on any atom is -0.493 e. The normalized spacial score (nSPS) is 16.2. The summed E-state index contributed by atoms with van der Waals surface area (Å²) in [6, 6.07) is 15.3. The van der Waals surface area contributed by atoms with Crippen molar-refractivity contribution in [2.45, 2.75) is 19.1 Å². The Labute approximate surface area is 171 Å². The molecule has 0 saturated carbocycles. The van der Waals surface area contributed by atoms with Crippen LogP contribution in [0.25, 0.3) is 0 Å². The summed E-state index contributed by atoms with van der Waals surface area (Å²) in [6.45, 7) is 2.79. The minimum absolute atomic E-state index is 0.160. The maximum atomic E-state index is 12.4. The molecule has 1 aliphatic rings. The number of hydrogen-bond donors (Lipinski definition) is 1. The second-order valence-corrected chi connectivity index (χ2v) is 6.79. The molecule has 0 radical (unpaired) electrons. The number of ether oxygens (including phenoxy) is 4. The highest BCUT2D eigenvalue weighted by atomic mass is 16.6. The van der Waals surface area contributed by atoms with Gasteiger partial charge in [-0.1, -0.05) is 30.3 Å². The van der Waals surface area contributed by atoms with Crippen LogP contribution >= 0.6 is 0 Å². The molecule has 1 aliphatic heterocycles. The van der Waals surface area contributed by atoms with Gasteiger partial charge in [-0.25, -0.2) is 4.79 Å². The molecule has 0 bridgehead atoms. The number of amides is 1. The highest BCUT2D eigenvalue weighted by molar-refractivity contribution is 5.67. The number of rotatable bonds is 8. The maximum absolute atomic E-state index is 12.4. The van der Waals surface area contributed by atoms with Gasteiger partial charge in [0, 0.05) is 31.7 Å². The Balaban J connectivity index is 1.43. The lowest BCUT2D eigenvalue weighted by Crippen LogP contribution is -2.53. The van der Waals surface area contributed by atoms with Crippen LogP contribution in [0.5, 0.6) is 17.2 Å². The number of carbonyl (C=O) groups is 1. The van der Waals surface area contributed by atoms with Gasteiger partial charge in [0.1, 0.15) is 12.4 Å². The van der Waals surface area contributed by atoms with Gasteiger partial charge in [-0.2, -0.15) is 0 Å². The van der Waals surface area contributed by atoms with Crippen molar-refractivity contribution in [3.63, 3.8) is 0 Å². The lowest BCUT2D eigenvalue weighted by molar-refractivity contribution is 0.0827. The molecule has 1 atom stereocenters. The molecule has 7 heteroatoms. The van der Waals surface area contributed by atoms with Crippen LogP contribution in [-0.2, 0) is 11.3 Å². The van der Waals surface area contributed by atoms with Gasteiger partial charge in [-0.3, -0.25) is 0 Å². The molecule has 0 aromatic heterocycles. The molecule has 156 valence electrons.